The summed E-state index contributed by atoms with van der Waals surface area (Å²) in [6, 6.07) is 8.54. The minimum atomic E-state index is 0.0140. The lowest BCUT2D eigenvalue weighted by Crippen LogP contribution is -2.44. The van der Waals surface area contributed by atoms with Gasteiger partial charge in [0.1, 0.15) is 4.88 Å². The van der Waals surface area contributed by atoms with E-state index in [4.69, 9.17) is 0 Å². The summed E-state index contributed by atoms with van der Waals surface area (Å²) in [5, 5.41) is 5.58. The second kappa shape index (κ2) is 9.24. The van der Waals surface area contributed by atoms with Gasteiger partial charge in [0, 0.05) is 49.3 Å². The van der Waals surface area contributed by atoms with E-state index in [1.54, 1.807) is 6.20 Å². The molecule has 1 atom stereocenters. The Morgan fingerprint density at radius 3 is 2.81 bits per heavy atom. The zero-order chi connectivity index (χ0) is 22.1. The van der Waals surface area contributed by atoms with Crippen molar-refractivity contribution in [3.63, 3.8) is 0 Å². The van der Waals surface area contributed by atoms with Crippen molar-refractivity contribution in [1.29, 1.82) is 0 Å². The molecule has 7 heteroatoms. The van der Waals surface area contributed by atoms with Crippen LogP contribution in [0.3, 0.4) is 0 Å². The molecular formula is C25H33N5OS. The molecule has 1 amide bonds. The van der Waals surface area contributed by atoms with Crippen molar-refractivity contribution in [3.05, 3.63) is 47.1 Å². The number of fused-ring (bicyclic) bond motifs is 1. The van der Waals surface area contributed by atoms with Gasteiger partial charge in [-0.05, 0) is 56.2 Å². The van der Waals surface area contributed by atoms with Crippen LogP contribution in [0.4, 0.5) is 5.13 Å². The van der Waals surface area contributed by atoms with E-state index >= 15 is 0 Å². The number of nitrogens with one attached hydrogen (secondary N) is 2. The van der Waals surface area contributed by atoms with Gasteiger partial charge >= 0.3 is 0 Å². The Bertz CT molecular complexity index is 1060. The lowest BCUT2D eigenvalue weighted by molar-refractivity contribution is 0.0922. The Morgan fingerprint density at radius 2 is 2.03 bits per heavy atom. The lowest BCUT2D eigenvalue weighted by atomic mass is 9.72. The van der Waals surface area contributed by atoms with Gasteiger partial charge in [-0.25, -0.2) is 4.98 Å². The molecule has 0 spiro atoms. The first-order valence-electron chi connectivity index (χ1n) is 11.8. The number of hydrogen-bond acceptors (Lipinski definition) is 5. The minimum absolute atomic E-state index is 0.0140. The molecule has 1 aliphatic carbocycles. The fourth-order valence-electron chi connectivity index (χ4n) is 5.19. The Kier molecular flexibility index (Phi) is 6.20. The number of thiazole rings is 1. The van der Waals surface area contributed by atoms with E-state index < -0.39 is 0 Å². The third kappa shape index (κ3) is 4.69. The zero-order valence-electron chi connectivity index (χ0n) is 19.0. The fraction of sp³-hybridized carbons (Fsp3) is 0.520. The van der Waals surface area contributed by atoms with Crippen molar-refractivity contribution >= 4 is 33.3 Å². The first kappa shape index (κ1) is 21.5. The number of aromatic nitrogens is 2. The summed E-state index contributed by atoms with van der Waals surface area (Å²) in [5.41, 5.74) is 2.44. The van der Waals surface area contributed by atoms with E-state index in [2.05, 4.69) is 69.5 Å². The maximum absolute atomic E-state index is 13.2. The maximum Gasteiger partial charge on any atom is 0.263 e. The van der Waals surface area contributed by atoms with Gasteiger partial charge in [0.15, 0.2) is 5.13 Å². The molecule has 1 aromatic carbocycles. The molecule has 2 fully saturated rings. The molecule has 170 valence electrons. The highest BCUT2D eigenvalue weighted by molar-refractivity contribution is 7.17. The van der Waals surface area contributed by atoms with Crippen molar-refractivity contribution in [2.24, 2.45) is 11.8 Å². The monoisotopic (exact) mass is 451 g/mol. The van der Waals surface area contributed by atoms with Crippen LogP contribution in [0.25, 0.3) is 10.9 Å². The quantitative estimate of drug-likeness (QED) is 0.566. The Balaban J connectivity index is 1.28. The molecule has 0 radical (unpaired) electrons. The molecule has 2 aromatic heterocycles. The molecule has 1 saturated carbocycles. The van der Waals surface area contributed by atoms with E-state index in [1.165, 1.54) is 35.1 Å². The van der Waals surface area contributed by atoms with E-state index in [9.17, 15) is 4.79 Å². The number of carbonyl (C=O) groups excluding carboxylic acids is 1. The third-order valence-corrected chi connectivity index (χ3v) is 8.11. The van der Waals surface area contributed by atoms with Gasteiger partial charge in [-0.15, -0.1) is 0 Å². The SMILES string of the molecule is CC1CC(CC(Cc2c[nH]c3ccccc23)NC(=O)c2cnc(N3CCN(C)CC3)s2)C1. The average molecular weight is 452 g/mol. The summed E-state index contributed by atoms with van der Waals surface area (Å²) >= 11 is 1.52. The standard InChI is InChI=1S/C25H33N5OS/c1-17-11-18(12-17)13-20(14-19-15-26-22-6-4-3-5-21(19)22)28-24(31)23-16-27-25(32-23)30-9-7-29(2)8-10-30/h3-6,15-18,20,26H,7-14H2,1-2H3,(H,28,31). The van der Waals surface area contributed by atoms with E-state index in [-0.39, 0.29) is 11.9 Å². The van der Waals surface area contributed by atoms with Gasteiger partial charge in [0.25, 0.3) is 5.91 Å². The van der Waals surface area contributed by atoms with Crippen molar-refractivity contribution in [1.82, 2.24) is 20.2 Å². The van der Waals surface area contributed by atoms with E-state index in [0.717, 1.165) is 55.6 Å². The predicted molar refractivity (Wildman–Crippen MR) is 132 cm³/mol. The lowest BCUT2D eigenvalue weighted by Gasteiger charge is -2.35. The van der Waals surface area contributed by atoms with Gasteiger partial charge < -0.3 is 20.1 Å². The smallest absolute Gasteiger partial charge is 0.263 e. The number of rotatable bonds is 7. The maximum atomic E-state index is 13.2. The van der Waals surface area contributed by atoms with E-state index in [0.29, 0.717) is 10.8 Å². The number of aromatic amines is 1. The average Bonchev–Trinajstić information content (AvgIpc) is 3.41. The number of hydrogen-bond donors (Lipinski definition) is 2. The van der Waals surface area contributed by atoms with Crippen LogP contribution in [0.1, 0.15) is 41.4 Å². The highest BCUT2D eigenvalue weighted by Gasteiger charge is 2.29. The zero-order valence-corrected chi connectivity index (χ0v) is 19.8. The number of amides is 1. The van der Waals surface area contributed by atoms with Crippen LogP contribution in [0, 0.1) is 11.8 Å². The van der Waals surface area contributed by atoms with Gasteiger partial charge in [0.05, 0.1) is 6.20 Å². The second-order valence-electron chi connectivity index (χ2n) is 9.71. The van der Waals surface area contributed by atoms with Gasteiger partial charge in [-0.1, -0.05) is 36.5 Å². The van der Waals surface area contributed by atoms with Gasteiger partial charge in [-0.2, -0.15) is 0 Å². The van der Waals surface area contributed by atoms with Crippen molar-refractivity contribution in [2.75, 3.05) is 38.1 Å². The number of likely N-dealkylation sites (N-methyl/N-ethyl adjacent to an activating group) is 1. The molecule has 1 unspecified atom stereocenters. The summed E-state index contributed by atoms with van der Waals surface area (Å²) in [5.74, 6) is 1.54. The molecule has 2 aliphatic rings. The van der Waals surface area contributed by atoms with Crippen LogP contribution >= 0.6 is 11.3 Å². The van der Waals surface area contributed by atoms with Crippen LogP contribution in [-0.4, -0.2) is 60.0 Å². The van der Waals surface area contributed by atoms with Gasteiger partial charge in [-0.3, -0.25) is 4.79 Å². The predicted octanol–water partition coefficient (Wildman–Crippen LogP) is 4.15. The molecule has 32 heavy (non-hydrogen) atoms. The third-order valence-electron chi connectivity index (χ3n) is 7.06. The molecule has 6 nitrogen and oxygen atoms in total. The molecule has 3 heterocycles. The Hall–Kier alpha value is -2.38. The van der Waals surface area contributed by atoms with Crippen LogP contribution in [0.15, 0.2) is 36.7 Å². The highest BCUT2D eigenvalue weighted by atomic mass is 32.1. The van der Waals surface area contributed by atoms with Crippen LogP contribution in [0.2, 0.25) is 0 Å². The topological polar surface area (TPSA) is 64.3 Å². The summed E-state index contributed by atoms with van der Waals surface area (Å²) in [7, 11) is 2.15. The van der Waals surface area contributed by atoms with Crippen LogP contribution < -0.4 is 10.2 Å². The molecular weight excluding hydrogens is 418 g/mol. The number of H-pyrrole nitrogens is 1. The molecule has 1 aliphatic heterocycles. The van der Waals surface area contributed by atoms with Crippen LogP contribution in [-0.2, 0) is 6.42 Å². The Labute approximate surface area is 194 Å². The molecule has 2 N–H and O–H groups in total. The number of para-hydroxylation sites is 1. The first-order chi connectivity index (χ1) is 15.5. The number of nitrogens with zero attached hydrogens (tertiary/aromatic N) is 3. The molecule has 0 bridgehead atoms. The normalized spacial score (nSPS) is 22.6. The second-order valence-corrected chi connectivity index (χ2v) is 10.7. The fourth-order valence-corrected chi connectivity index (χ4v) is 6.06. The summed E-state index contributed by atoms with van der Waals surface area (Å²) in [6.07, 6.45) is 8.29. The number of anilines is 1. The van der Waals surface area contributed by atoms with Crippen molar-refractivity contribution < 1.29 is 4.79 Å². The molecule has 5 rings (SSSR count). The summed E-state index contributed by atoms with van der Waals surface area (Å²) in [4.78, 5) is 26.5. The first-order valence-corrected chi connectivity index (χ1v) is 12.6. The van der Waals surface area contributed by atoms with Crippen molar-refractivity contribution in [2.45, 2.75) is 38.6 Å². The minimum Gasteiger partial charge on any atom is -0.361 e. The Morgan fingerprint density at radius 1 is 1.25 bits per heavy atom. The number of carbonyl (C=O) groups is 1. The van der Waals surface area contributed by atoms with Crippen molar-refractivity contribution in [3.8, 4) is 0 Å². The van der Waals surface area contributed by atoms with Crippen LogP contribution in [0.5, 0.6) is 0 Å². The highest BCUT2D eigenvalue weighted by Crippen LogP contribution is 2.37. The number of piperazine rings is 1. The molecule has 3 aromatic rings. The van der Waals surface area contributed by atoms with Gasteiger partial charge in [0.2, 0.25) is 0 Å². The number of benzene rings is 1. The molecule has 1 saturated heterocycles. The summed E-state index contributed by atoms with van der Waals surface area (Å²) in [6.45, 7) is 6.32. The largest absolute Gasteiger partial charge is 0.361 e. The van der Waals surface area contributed by atoms with E-state index in [1.807, 2.05) is 0 Å². The summed E-state index contributed by atoms with van der Waals surface area (Å²) < 4.78 is 0.